The Hall–Kier alpha value is -1.04. The van der Waals surface area contributed by atoms with Gasteiger partial charge in [0.05, 0.1) is 6.42 Å². The highest BCUT2D eigenvalue weighted by molar-refractivity contribution is 9.10. The maximum Gasteiger partial charge on any atom is 0.307 e. The van der Waals surface area contributed by atoms with Crippen LogP contribution in [0, 0.1) is 6.92 Å². The van der Waals surface area contributed by atoms with Crippen molar-refractivity contribution in [1.82, 2.24) is 4.98 Å². The van der Waals surface area contributed by atoms with Crippen LogP contribution in [0.2, 0.25) is 0 Å². The predicted molar refractivity (Wildman–Crippen MR) is 53.0 cm³/mol. The molecule has 0 atom stereocenters. The molecule has 1 rings (SSSR count). The first-order chi connectivity index (χ1) is 6.91. The number of halogens is 3. The van der Waals surface area contributed by atoms with Gasteiger partial charge in [-0.05, 0) is 34.5 Å². The van der Waals surface area contributed by atoms with Crippen molar-refractivity contribution in [2.45, 2.75) is 19.8 Å². The highest BCUT2D eigenvalue weighted by atomic mass is 79.9. The van der Waals surface area contributed by atoms with Gasteiger partial charge in [0, 0.05) is 11.3 Å². The summed E-state index contributed by atoms with van der Waals surface area (Å²) in [5.41, 5.74) is 0.226. The van der Waals surface area contributed by atoms with E-state index in [1.165, 1.54) is 13.0 Å². The molecule has 1 aromatic rings. The second kappa shape index (κ2) is 4.65. The lowest BCUT2D eigenvalue weighted by Crippen LogP contribution is -2.05. The van der Waals surface area contributed by atoms with Crippen LogP contribution >= 0.6 is 15.9 Å². The summed E-state index contributed by atoms with van der Waals surface area (Å²) < 4.78 is 25.2. The van der Waals surface area contributed by atoms with Crippen LogP contribution in [0.25, 0.3) is 0 Å². The van der Waals surface area contributed by atoms with Gasteiger partial charge in [-0.2, -0.15) is 0 Å². The Morgan fingerprint density at radius 3 is 2.73 bits per heavy atom. The van der Waals surface area contributed by atoms with E-state index in [0.29, 0.717) is 4.60 Å². The Morgan fingerprint density at radius 1 is 1.67 bits per heavy atom. The topological polar surface area (TPSA) is 50.2 Å². The van der Waals surface area contributed by atoms with E-state index in [2.05, 4.69) is 20.9 Å². The van der Waals surface area contributed by atoms with Crippen molar-refractivity contribution in [3.05, 3.63) is 27.5 Å². The van der Waals surface area contributed by atoms with Crippen LogP contribution < -0.4 is 0 Å². The average molecular weight is 280 g/mol. The van der Waals surface area contributed by atoms with E-state index in [0.717, 1.165) is 0 Å². The molecular formula is C9H8BrF2NO2. The van der Waals surface area contributed by atoms with Gasteiger partial charge >= 0.3 is 5.97 Å². The van der Waals surface area contributed by atoms with Crippen molar-refractivity contribution < 1.29 is 18.7 Å². The number of hydrogen-bond donors (Lipinski definition) is 1. The molecule has 0 fully saturated rings. The minimum atomic E-state index is -2.64. The van der Waals surface area contributed by atoms with Gasteiger partial charge in [-0.3, -0.25) is 4.79 Å². The van der Waals surface area contributed by atoms with Crippen LogP contribution in [0.1, 0.15) is 23.2 Å². The Kier molecular flexibility index (Phi) is 3.73. The van der Waals surface area contributed by atoms with Crippen LogP contribution in [0.15, 0.2) is 10.7 Å². The van der Waals surface area contributed by atoms with Crippen molar-refractivity contribution in [3.63, 3.8) is 0 Å². The molecule has 3 nitrogen and oxygen atoms in total. The number of alkyl halides is 2. The van der Waals surface area contributed by atoms with Gasteiger partial charge in [-0.25, -0.2) is 13.8 Å². The second-order valence-corrected chi connectivity index (χ2v) is 3.74. The summed E-state index contributed by atoms with van der Waals surface area (Å²) in [5.74, 6) is -1.08. The highest BCUT2D eigenvalue weighted by Crippen LogP contribution is 2.26. The Balaban J connectivity index is 3.17. The SMILES string of the molecule is Cc1nc(Br)c(CC(=O)O)cc1C(F)F. The molecule has 0 spiro atoms. The van der Waals surface area contributed by atoms with Gasteiger partial charge in [0.25, 0.3) is 6.43 Å². The molecule has 0 amide bonds. The van der Waals surface area contributed by atoms with Gasteiger partial charge in [-0.15, -0.1) is 0 Å². The fourth-order valence-electron chi connectivity index (χ4n) is 1.14. The van der Waals surface area contributed by atoms with E-state index >= 15 is 0 Å². The molecule has 0 saturated carbocycles. The molecule has 6 heteroatoms. The third kappa shape index (κ3) is 2.95. The minimum Gasteiger partial charge on any atom is -0.481 e. The summed E-state index contributed by atoms with van der Waals surface area (Å²) in [6, 6.07) is 1.17. The van der Waals surface area contributed by atoms with E-state index < -0.39 is 12.4 Å². The second-order valence-electron chi connectivity index (χ2n) is 2.98. The maximum atomic E-state index is 12.5. The van der Waals surface area contributed by atoms with Gasteiger partial charge in [0.15, 0.2) is 0 Å². The molecule has 0 aliphatic heterocycles. The first kappa shape index (κ1) is 12.0. The third-order valence-electron chi connectivity index (χ3n) is 1.86. The summed E-state index contributed by atoms with van der Waals surface area (Å²) in [5, 5.41) is 8.55. The monoisotopic (exact) mass is 279 g/mol. The van der Waals surface area contributed by atoms with Crippen molar-refractivity contribution in [2.75, 3.05) is 0 Å². The zero-order chi connectivity index (χ0) is 11.6. The number of hydrogen-bond acceptors (Lipinski definition) is 2. The number of rotatable bonds is 3. The molecule has 15 heavy (non-hydrogen) atoms. The Morgan fingerprint density at radius 2 is 2.27 bits per heavy atom. The molecular weight excluding hydrogens is 272 g/mol. The van der Waals surface area contributed by atoms with Crippen LogP contribution in [-0.4, -0.2) is 16.1 Å². The lowest BCUT2D eigenvalue weighted by Gasteiger charge is -2.08. The number of nitrogens with zero attached hydrogens (tertiary/aromatic N) is 1. The van der Waals surface area contributed by atoms with Crippen LogP contribution in [0.4, 0.5) is 8.78 Å². The smallest absolute Gasteiger partial charge is 0.307 e. The molecule has 1 heterocycles. The lowest BCUT2D eigenvalue weighted by molar-refractivity contribution is -0.136. The minimum absolute atomic E-state index is 0.200. The normalized spacial score (nSPS) is 10.7. The van der Waals surface area contributed by atoms with Crippen molar-refractivity contribution in [1.29, 1.82) is 0 Å². The van der Waals surface area contributed by atoms with Gasteiger partial charge < -0.3 is 5.11 Å². The number of carboxylic acids is 1. The molecule has 0 saturated heterocycles. The zero-order valence-corrected chi connectivity index (χ0v) is 9.38. The number of carbonyl (C=O) groups is 1. The van der Waals surface area contributed by atoms with E-state index in [-0.39, 0.29) is 23.2 Å². The maximum absolute atomic E-state index is 12.5. The molecule has 1 N–H and O–H groups in total. The standard InChI is InChI=1S/C9H8BrF2NO2/c1-4-6(9(11)12)2-5(3-7(14)15)8(10)13-4/h2,9H,3H2,1H3,(H,14,15). The summed E-state index contributed by atoms with van der Waals surface area (Å²) in [7, 11) is 0. The summed E-state index contributed by atoms with van der Waals surface area (Å²) in [6.07, 6.45) is -2.97. The molecule has 0 unspecified atom stereocenters. The molecule has 0 aromatic carbocycles. The summed E-state index contributed by atoms with van der Waals surface area (Å²) in [4.78, 5) is 14.3. The van der Waals surface area contributed by atoms with Gasteiger partial charge in [0.2, 0.25) is 0 Å². The van der Waals surface area contributed by atoms with E-state index in [1.54, 1.807) is 0 Å². The quantitative estimate of drug-likeness (QED) is 0.866. The molecule has 82 valence electrons. The zero-order valence-electron chi connectivity index (χ0n) is 7.80. The first-order valence-corrected chi connectivity index (χ1v) is 4.87. The van der Waals surface area contributed by atoms with Gasteiger partial charge in [0.1, 0.15) is 4.60 Å². The fraction of sp³-hybridized carbons (Fsp3) is 0.333. The highest BCUT2D eigenvalue weighted by Gasteiger charge is 2.16. The molecule has 0 aliphatic carbocycles. The van der Waals surface area contributed by atoms with E-state index in [9.17, 15) is 13.6 Å². The van der Waals surface area contributed by atoms with E-state index in [1.807, 2.05) is 0 Å². The van der Waals surface area contributed by atoms with Crippen molar-refractivity contribution >= 4 is 21.9 Å². The first-order valence-electron chi connectivity index (χ1n) is 4.07. The fourth-order valence-corrected chi connectivity index (χ4v) is 1.66. The molecule has 0 radical (unpaired) electrons. The average Bonchev–Trinajstić information content (AvgIpc) is 2.08. The van der Waals surface area contributed by atoms with Crippen molar-refractivity contribution in [3.8, 4) is 0 Å². The summed E-state index contributed by atoms with van der Waals surface area (Å²) >= 11 is 3.04. The third-order valence-corrected chi connectivity index (χ3v) is 2.54. The number of pyridine rings is 1. The predicted octanol–water partition coefficient (Wildman–Crippen LogP) is 2.72. The van der Waals surface area contributed by atoms with Crippen LogP contribution in [-0.2, 0) is 11.2 Å². The summed E-state index contributed by atoms with van der Waals surface area (Å²) in [6.45, 7) is 1.46. The number of aryl methyl sites for hydroxylation is 1. The van der Waals surface area contributed by atoms with Crippen molar-refractivity contribution in [2.24, 2.45) is 0 Å². The Bertz CT molecular complexity index is 396. The molecule has 1 aromatic heterocycles. The number of aliphatic carboxylic acids is 1. The largest absolute Gasteiger partial charge is 0.481 e. The number of carboxylic acid groups (broad SMARTS) is 1. The van der Waals surface area contributed by atoms with Crippen LogP contribution in [0.5, 0.6) is 0 Å². The number of aromatic nitrogens is 1. The lowest BCUT2D eigenvalue weighted by atomic mass is 10.1. The van der Waals surface area contributed by atoms with E-state index in [4.69, 9.17) is 5.11 Å². The Labute approximate surface area is 93.3 Å². The van der Waals surface area contributed by atoms with Gasteiger partial charge in [-0.1, -0.05) is 0 Å². The van der Waals surface area contributed by atoms with Crippen LogP contribution in [0.3, 0.4) is 0 Å². The molecule has 0 aliphatic rings. The molecule has 0 bridgehead atoms.